The highest BCUT2D eigenvalue weighted by Gasteiger charge is 2.38. The van der Waals surface area contributed by atoms with Crippen molar-refractivity contribution in [2.45, 2.75) is 65.2 Å². The molecule has 0 radical (unpaired) electrons. The predicted octanol–water partition coefficient (Wildman–Crippen LogP) is 5.81. The van der Waals surface area contributed by atoms with Gasteiger partial charge in [0.1, 0.15) is 0 Å². The minimum absolute atomic E-state index is 0.136. The molecule has 2 nitrogen and oxygen atoms in total. The Morgan fingerprint density at radius 1 is 1.04 bits per heavy atom. The molecule has 0 aromatic rings. The third kappa shape index (κ3) is 8.45. The molecule has 1 fully saturated rings. The first-order chi connectivity index (χ1) is 11.6. The van der Waals surface area contributed by atoms with E-state index in [-0.39, 0.29) is 11.2 Å². The summed E-state index contributed by atoms with van der Waals surface area (Å²) in [5.74, 6) is 1.25. The van der Waals surface area contributed by atoms with Crippen LogP contribution in [0, 0.1) is 17.8 Å². The van der Waals surface area contributed by atoms with Gasteiger partial charge in [-0.05, 0) is 67.6 Å². The first-order valence-electron chi connectivity index (χ1n) is 9.83. The van der Waals surface area contributed by atoms with E-state index in [1.165, 1.54) is 50.6 Å². The van der Waals surface area contributed by atoms with E-state index in [1.54, 1.807) is 0 Å². The van der Waals surface area contributed by atoms with Crippen LogP contribution in [-0.4, -0.2) is 35.4 Å². The molecule has 2 bridgehead atoms. The topological polar surface area (TPSA) is 37.3 Å². The molecule has 1 saturated carbocycles. The molecule has 0 aromatic carbocycles. The van der Waals surface area contributed by atoms with Crippen molar-refractivity contribution in [1.82, 2.24) is 0 Å². The molecule has 4 heteroatoms. The molecule has 24 heavy (non-hydrogen) atoms. The molecule has 3 atom stereocenters. The number of aliphatic hydroxyl groups is 1. The van der Waals surface area contributed by atoms with E-state index in [0.29, 0.717) is 26.4 Å². The molecule has 140 valence electrons. The van der Waals surface area contributed by atoms with Crippen molar-refractivity contribution in [3.05, 3.63) is 12.2 Å². The minimum atomic E-state index is -0.142. The van der Waals surface area contributed by atoms with Gasteiger partial charge >= 0.3 is 0 Å². The fourth-order valence-corrected chi connectivity index (χ4v) is 6.67. The standard InChI is InChI=1S/C12H27OP.C8H9ClO/c1-3-10-14(11-4-2)12-8-6-5-7-9-13;9-8(10)7-4-5-1-2-6(7)3-5/h13H,3-12H2,1-2H3;1-2,5-7H,3-4H2. The zero-order valence-electron chi connectivity index (χ0n) is 15.6. The largest absolute Gasteiger partial charge is 0.396 e. The molecule has 0 saturated heterocycles. The molecule has 0 aliphatic heterocycles. The van der Waals surface area contributed by atoms with Crippen LogP contribution in [0.2, 0.25) is 0 Å². The summed E-state index contributed by atoms with van der Waals surface area (Å²) in [5.41, 5.74) is 0. The van der Waals surface area contributed by atoms with Crippen molar-refractivity contribution in [1.29, 1.82) is 0 Å². The van der Waals surface area contributed by atoms with E-state index in [2.05, 4.69) is 26.0 Å². The highest BCUT2D eigenvalue weighted by Crippen LogP contribution is 2.44. The Bertz CT molecular complexity index is 367. The number of carbonyl (C=O) groups excluding carboxylic acids is 1. The van der Waals surface area contributed by atoms with Gasteiger partial charge in [-0.15, -0.1) is 7.92 Å². The Morgan fingerprint density at radius 3 is 2.12 bits per heavy atom. The van der Waals surface area contributed by atoms with Crippen LogP contribution in [0.25, 0.3) is 0 Å². The molecule has 0 amide bonds. The van der Waals surface area contributed by atoms with E-state index < -0.39 is 0 Å². The predicted molar refractivity (Wildman–Crippen MR) is 107 cm³/mol. The lowest BCUT2D eigenvalue weighted by molar-refractivity contribution is -0.115. The average Bonchev–Trinajstić information content (AvgIpc) is 3.19. The van der Waals surface area contributed by atoms with E-state index in [4.69, 9.17) is 16.7 Å². The summed E-state index contributed by atoms with van der Waals surface area (Å²) in [4.78, 5) is 10.8. The number of hydrogen-bond acceptors (Lipinski definition) is 2. The first kappa shape index (κ1) is 22.1. The van der Waals surface area contributed by atoms with Crippen molar-refractivity contribution >= 4 is 24.8 Å². The summed E-state index contributed by atoms with van der Waals surface area (Å²) in [5, 5.41) is 8.51. The number of carbonyl (C=O) groups is 1. The second kappa shape index (κ2) is 13.3. The molecule has 0 spiro atoms. The molecule has 2 aliphatic rings. The van der Waals surface area contributed by atoms with Gasteiger partial charge < -0.3 is 5.11 Å². The Morgan fingerprint density at radius 2 is 1.71 bits per heavy atom. The van der Waals surface area contributed by atoms with Crippen LogP contribution in [-0.2, 0) is 4.79 Å². The monoisotopic (exact) mass is 374 g/mol. The van der Waals surface area contributed by atoms with Gasteiger partial charge in [0.05, 0.1) is 0 Å². The Hall–Kier alpha value is 0.0900. The molecule has 1 N–H and O–H groups in total. The lowest BCUT2D eigenvalue weighted by Gasteiger charge is -2.15. The number of fused-ring (bicyclic) bond motifs is 2. The zero-order valence-corrected chi connectivity index (χ0v) is 17.2. The van der Waals surface area contributed by atoms with Crippen LogP contribution in [0.3, 0.4) is 0 Å². The summed E-state index contributed by atoms with van der Waals surface area (Å²) >= 11 is 5.41. The normalized spacial score (nSPS) is 24.3. The summed E-state index contributed by atoms with van der Waals surface area (Å²) in [6.45, 7) is 4.98. The fraction of sp³-hybridized carbons (Fsp3) is 0.850. The van der Waals surface area contributed by atoms with Gasteiger partial charge in [0.25, 0.3) is 0 Å². The van der Waals surface area contributed by atoms with Crippen LogP contribution in [0.15, 0.2) is 12.2 Å². The van der Waals surface area contributed by atoms with Crippen molar-refractivity contribution in [3.8, 4) is 0 Å². The van der Waals surface area contributed by atoms with E-state index in [1.807, 2.05) is 0 Å². The highest BCUT2D eigenvalue weighted by molar-refractivity contribution is 7.57. The number of halogens is 1. The molecule has 3 unspecified atom stereocenters. The maximum absolute atomic E-state index is 10.8. The summed E-state index contributed by atoms with van der Waals surface area (Å²) < 4.78 is 0. The second-order valence-electron chi connectivity index (χ2n) is 7.17. The van der Waals surface area contributed by atoms with Crippen molar-refractivity contribution in [3.63, 3.8) is 0 Å². The fourth-order valence-electron chi connectivity index (χ4n) is 3.81. The second-order valence-corrected chi connectivity index (χ2v) is 10.2. The Balaban J connectivity index is 0.000000250. The van der Waals surface area contributed by atoms with Crippen LogP contribution in [0.1, 0.15) is 65.2 Å². The van der Waals surface area contributed by atoms with Gasteiger partial charge in [-0.25, -0.2) is 0 Å². The van der Waals surface area contributed by atoms with Gasteiger partial charge in [0.2, 0.25) is 5.24 Å². The van der Waals surface area contributed by atoms with Crippen LogP contribution >= 0.6 is 19.5 Å². The minimum Gasteiger partial charge on any atom is -0.396 e. The summed E-state index contributed by atoms with van der Waals surface area (Å²) in [6.07, 6.45) is 18.6. The van der Waals surface area contributed by atoms with E-state index in [9.17, 15) is 4.79 Å². The van der Waals surface area contributed by atoms with Crippen molar-refractivity contribution in [2.24, 2.45) is 17.8 Å². The molecule has 2 aliphatic carbocycles. The molecular weight excluding hydrogens is 339 g/mol. The number of allylic oxidation sites excluding steroid dienone is 2. The van der Waals surface area contributed by atoms with Gasteiger partial charge in [-0.3, -0.25) is 4.79 Å². The van der Waals surface area contributed by atoms with Crippen molar-refractivity contribution < 1.29 is 9.90 Å². The van der Waals surface area contributed by atoms with E-state index in [0.717, 1.165) is 19.3 Å². The summed E-state index contributed by atoms with van der Waals surface area (Å²) in [6, 6.07) is 0. The number of aliphatic hydroxyl groups excluding tert-OH is 1. The van der Waals surface area contributed by atoms with Crippen LogP contribution in [0.5, 0.6) is 0 Å². The van der Waals surface area contributed by atoms with Gasteiger partial charge in [0.15, 0.2) is 0 Å². The van der Waals surface area contributed by atoms with Gasteiger partial charge in [-0.1, -0.05) is 51.7 Å². The van der Waals surface area contributed by atoms with Crippen molar-refractivity contribution in [2.75, 3.05) is 25.1 Å². The van der Waals surface area contributed by atoms with E-state index >= 15 is 0 Å². The van der Waals surface area contributed by atoms with Crippen LogP contribution < -0.4 is 0 Å². The molecule has 2 rings (SSSR count). The zero-order chi connectivity index (χ0) is 17.8. The van der Waals surface area contributed by atoms with Crippen LogP contribution in [0.4, 0.5) is 0 Å². The van der Waals surface area contributed by atoms with Gasteiger partial charge in [-0.2, -0.15) is 0 Å². The third-order valence-electron chi connectivity index (χ3n) is 5.03. The third-order valence-corrected chi connectivity index (χ3v) is 8.42. The summed E-state index contributed by atoms with van der Waals surface area (Å²) in [7, 11) is 0.356. The average molecular weight is 375 g/mol. The highest BCUT2D eigenvalue weighted by atomic mass is 35.5. The maximum atomic E-state index is 10.8. The molecule has 0 heterocycles. The number of unbranched alkanes of at least 4 members (excludes halogenated alkanes) is 3. The smallest absolute Gasteiger partial charge is 0.225 e. The maximum Gasteiger partial charge on any atom is 0.225 e. The lowest BCUT2D eigenvalue weighted by atomic mass is 9.95. The number of rotatable bonds is 11. The van der Waals surface area contributed by atoms with Gasteiger partial charge in [0, 0.05) is 12.5 Å². The molecular formula is C20H36ClO2P. The molecule has 0 aromatic heterocycles. The Labute approximate surface area is 155 Å². The Kier molecular flexibility index (Phi) is 12.3. The SMILES string of the molecule is CCCP(CCC)CCCCCCO.O=C(Cl)C1CC2C=CC1C2. The number of hydrogen-bond donors (Lipinski definition) is 1. The first-order valence-corrected chi connectivity index (χ1v) is 12.1. The lowest BCUT2D eigenvalue weighted by Crippen LogP contribution is -2.13. The quantitative estimate of drug-likeness (QED) is 0.214.